The van der Waals surface area contributed by atoms with Gasteiger partial charge < -0.3 is 4.74 Å². The number of ether oxygens (including phenoxy) is 1. The van der Waals surface area contributed by atoms with Gasteiger partial charge in [0.2, 0.25) is 5.78 Å². The Labute approximate surface area is 165 Å². The summed E-state index contributed by atoms with van der Waals surface area (Å²) in [4.78, 5) is 24.7. The number of hydrogen-bond donors (Lipinski definition) is 0. The Morgan fingerprint density at radius 3 is 1.79 bits per heavy atom. The van der Waals surface area contributed by atoms with E-state index < -0.39 is 11.8 Å². The second-order valence-corrected chi connectivity index (χ2v) is 7.23. The van der Waals surface area contributed by atoms with Gasteiger partial charge in [-0.25, -0.2) is 4.79 Å². The molecule has 4 rings (SSSR count). The van der Waals surface area contributed by atoms with Gasteiger partial charge in [-0.3, -0.25) is 4.79 Å². The number of methoxy groups -OCH3 is 1. The molecule has 0 aliphatic heterocycles. The molecular weight excluding hydrogens is 348 g/mol. The summed E-state index contributed by atoms with van der Waals surface area (Å²) < 4.78 is 4.73. The highest BCUT2D eigenvalue weighted by atomic mass is 16.5. The van der Waals surface area contributed by atoms with Crippen LogP contribution in [0, 0.1) is 5.92 Å². The fourth-order valence-electron chi connectivity index (χ4n) is 4.19. The predicted octanol–water partition coefficient (Wildman–Crippen LogP) is 4.98. The zero-order valence-corrected chi connectivity index (χ0v) is 15.7. The summed E-state index contributed by atoms with van der Waals surface area (Å²) in [6.45, 7) is 0. The Balaban J connectivity index is 1.61. The molecule has 0 radical (unpaired) electrons. The van der Waals surface area contributed by atoms with Crippen molar-refractivity contribution in [2.75, 3.05) is 7.11 Å². The molecule has 0 N–H and O–H groups in total. The zero-order chi connectivity index (χ0) is 19.5. The monoisotopic (exact) mass is 370 g/mol. The molecule has 0 amide bonds. The number of Topliss-reactive ketones (excluding diaryl/α,β-unsaturated/α-hetero) is 1. The van der Waals surface area contributed by atoms with Crippen molar-refractivity contribution in [2.45, 2.75) is 18.3 Å². The van der Waals surface area contributed by atoms with E-state index in [1.807, 2.05) is 48.5 Å². The first-order chi connectivity index (χ1) is 13.7. The van der Waals surface area contributed by atoms with Crippen LogP contribution in [0.4, 0.5) is 0 Å². The molecule has 1 aliphatic rings. The van der Waals surface area contributed by atoms with Crippen molar-refractivity contribution in [3.63, 3.8) is 0 Å². The second kappa shape index (κ2) is 7.81. The van der Waals surface area contributed by atoms with Crippen molar-refractivity contribution < 1.29 is 14.3 Å². The van der Waals surface area contributed by atoms with Crippen LogP contribution in [0.1, 0.15) is 29.4 Å². The maximum absolute atomic E-state index is 12.7. The van der Waals surface area contributed by atoms with Gasteiger partial charge in [-0.1, -0.05) is 84.9 Å². The molecule has 1 aliphatic carbocycles. The average molecular weight is 370 g/mol. The lowest BCUT2D eigenvalue weighted by molar-refractivity contribution is -0.155. The Morgan fingerprint density at radius 2 is 1.21 bits per heavy atom. The molecule has 1 fully saturated rings. The van der Waals surface area contributed by atoms with Gasteiger partial charge >= 0.3 is 5.97 Å². The molecule has 28 heavy (non-hydrogen) atoms. The largest absolute Gasteiger partial charge is 0.463 e. The Kier molecular flexibility index (Phi) is 5.07. The molecule has 0 heterocycles. The summed E-state index contributed by atoms with van der Waals surface area (Å²) in [7, 11) is 1.26. The third kappa shape index (κ3) is 3.36. The van der Waals surface area contributed by atoms with Crippen LogP contribution in [0.15, 0.2) is 84.9 Å². The third-order valence-electron chi connectivity index (χ3n) is 5.74. The summed E-state index contributed by atoms with van der Waals surface area (Å²) in [5.41, 5.74) is 4.49. The lowest BCUT2D eigenvalue weighted by Gasteiger charge is -2.44. The van der Waals surface area contributed by atoms with Crippen LogP contribution in [0.3, 0.4) is 0 Å². The fourth-order valence-corrected chi connectivity index (χ4v) is 4.19. The van der Waals surface area contributed by atoms with Crippen LogP contribution in [-0.4, -0.2) is 18.9 Å². The second-order valence-electron chi connectivity index (χ2n) is 7.23. The molecular formula is C25H22O3. The summed E-state index contributed by atoms with van der Waals surface area (Å²) in [5, 5.41) is 0. The standard InChI is InChI=1S/C25H22O3/c1-28-25(27)24(26)23-21(19-10-6-3-7-11-19)16-22(23)20-14-12-18(13-15-20)17-8-4-2-5-9-17/h2-15,21-23H,16H2,1H3/t21-,22+,23-/m0/s1. The van der Waals surface area contributed by atoms with E-state index in [9.17, 15) is 9.59 Å². The number of hydrogen-bond acceptors (Lipinski definition) is 3. The average Bonchev–Trinajstić information content (AvgIpc) is 2.74. The van der Waals surface area contributed by atoms with E-state index in [1.165, 1.54) is 7.11 Å². The number of ketones is 1. The van der Waals surface area contributed by atoms with Crippen molar-refractivity contribution in [3.05, 3.63) is 96.1 Å². The Morgan fingerprint density at radius 1 is 0.714 bits per heavy atom. The molecule has 3 aromatic carbocycles. The quantitative estimate of drug-likeness (QED) is 0.470. The Hall–Kier alpha value is -3.20. The zero-order valence-electron chi connectivity index (χ0n) is 15.7. The van der Waals surface area contributed by atoms with Gasteiger partial charge in [0.15, 0.2) is 0 Å². The van der Waals surface area contributed by atoms with Crippen LogP contribution in [0.25, 0.3) is 11.1 Å². The molecule has 1 saturated carbocycles. The van der Waals surface area contributed by atoms with Gasteiger partial charge in [0.1, 0.15) is 0 Å². The minimum Gasteiger partial charge on any atom is -0.463 e. The molecule has 3 atom stereocenters. The van der Waals surface area contributed by atoms with Crippen LogP contribution in [-0.2, 0) is 14.3 Å². The third-order valence-corrected chi connectivity index (χ3v) is 5.74. The van der Waals surface area contributed by atoms with Crippen molar-refractivity contribution in [2.24, 2.45) is 5.92 Å². The smallest absolute Gasteiger partial charge is 0.374 e. The SMILES string of the molecule is COC(=O)C(=O)[C@@H]1[C@@H](c2ccc(-c3ccccc3)cc2)C[C@H]1c1ccccc1. The van der Waals surface area contributed by atoms with E-state index >= 15 is 0 Å². The molecule has 140 valence electrons. The summed E-state index contributed by atoms with van der Waals surface area (Å²) in [6, 6.07) is 28.5. The molecule has 0 spiro atoms. The lowest BCUT2D eigenvalue weighted by atomic mass is 9.58. The summed E-state index contributed by atoms with van der Waals surface area (Å²) in [6.07, 6.45) is 0.849. The normalized spacial score (nSPS) is 20.8. The molecule has 3 aromatic rings. The van der Waals surface area contributed by atoms with Gasteiger partial charge in [0.05, 0.1) is 7.11 Å². The Bertz CT molecular complexity index is 962. The first kappa shape index (κ1) is 18.2. The fraction of sp³-hybridized carbons (Fsp3) is 0.200. The molecule has 3 nitrogen and oxygen atoms in total. The van der Waals surface area contributed by atoms with Gasteiger partial charge in [-0.15, -0.1) is 0 Å². The number of rotatable bonds is 5. The molecule has 0 saturated heterocycles. The van der Waals surface area contributed by atoms with E-state index in [0.29, 0.717) is 0 Å². The van der Waals surface area contributed by atoms with E-state index in [4.69, 9.17) is 4.74 Å². The highest BCUT2D eigenvalue weighted by Crippen LogP contribution is 2.53. The van der Waals surface area contributed by atoms with Crippen LogP contribution >= 0.6 is 0 Å². The molecule has 0 bridgehead atoms. The van der Waals surface area contributed by atoms with Crippen molar-refractivity contribution >= 4 is 11.8 Å². The highest BCUT2D eigenvalue weighted by Gasteiger charge is 2.49. The van der Waals surface area contributed by atoms with E-state index in [1.54, 1.807) is 0 Å². The molecule has 0 unspecified atom stereocenters. The van der Waals surface area contributed by atoms with Crippen LogP contribution in [0.5, 0.6) is 0 Å². The van der Waals surface area contributed by atoms with Crippen molar-refractivity contribution in [3.8, 4) is 11.1 Å². The summed E-state index contributed by atoms with van der Waals surface area (Å²) >= 11 is 0. The minimum absolute atomic E-state index is 0.0293. The van der Waals surface area contributed by atoms with E-state index in [2.05, 4.69) is 36.4 Å². The minimum atomic E-state index is -0.753. The lowest BCUT2D eigenvalue weighted by Crippen LogP contribution is -2.42. The molecule has 3 heteroatoms. The number of carbonyl (C=O) groups excluding carboxylic acids is 2. The maximum atomic E-state index is 12.7. The number of esters is 1. The van der Waals surface area contributed by atoms with E-state index in [0.717, 1.165) is 28.7 Å². The highest BCUT2D eigenvalue weighted by molar-refractivity contribution is 6.35. The van der Waals surface area contributed by atoms with Gasteiger partial charge in [0, 0.05) is 5.92 Å². The van der Waals surface area contributed by atoms with Crippen LogP contribution < -0.4 is 0 Å². The first-order valence-corrected chi connectivity index (χ1v) is 9.51. The van der Waals surface area contributed by atoms with Crippen LogP contribution in [0.2, 0.25) is 0 Å². The summed E-state index contributed by atoms with van der Waals surface area (Å²) in [5.74, 6) is -1.48. The maximum Gasteiger partial charge on any atom is 0.374 e. The number of carbonyl (C=O) groups is 2. The van der Waals surface area contributed by atoms with Gasteiger partial charge in [0.25, 0.3) is 0 Å². The van der Waals surface area contributed by atoms with Gasteiger partial charge in [-0.05, 0) is 40.5 Å². The first-order valence-electron chi connectivity index (χ1n) is 9.51. The van der Waals surface area contributed by atoms with Crippen molar-refractivity contribution in [1.29, 1.82) is 0 Å². The van der Waals surface area contributed by atoms with Gasteiger partial charge in [-0.2, -0.15) is 0 Å². The molecule has 0 aromatic heterocycles. The number of benzene rings is 3. The van der Waals surface area contributed by atoms with Crippen molar-refractivity contribution in [1.82, 2.24) is 0 Å². The van der Waals surface area contributed by atoms with E-state index in [-0.39, 0.29) is 17.8 Å². The predicted molar refractivity (Wildman–Crippen MR) is 109 cm³/mol. The topological polar surface area (TPSA) is 43.4 Å².